The molecule has 23 heteroatoms. The molecule has 13 rings (SSSR count). The highest BCUT2D eigenvalue weighted by molar-refractivity contribution is 5.98. The average molecular weight is 1160 g/mol. The van der Waals surface area contributed by atoms with Crippen molar-refractivity contribution < 1.29 is 37.7 Å². The van der Waals surface area contributed by atoms with Gasteiger partial charge < -0.3 is 60.2 Å². The Labute approximate surface area is 486 Å². The van der Waals surface area contributed by atoms with Gasteiger partial charge in [-0.2, -0.15) is 19.9 Å². The number of likely N-dealkylation sites (N-methyl/N-ethyl adjacent to an activating group) is 2. The van der Waals surface area contributed by atoms with Crippen LogP contribution < -0.4 is 51.2 Å². The van der Waals surface area contributed by atoms with Gasteiger partial charge in [-0.1, -0.05) is 56.3 Å². The standard InChI is InChI=1S/C24H25FN6O2.C23H20F2N6O2.2C6H13NO.C2H6/c1-3-14-6-4-5-7-17(14)21(27-13-32)22-19(25)20-18(10-26-22)23(30-24(29-20)33-2)31-11-15-8-9-16(12-31)28-15;1-33-23-29-19-14(22(30-23)31-9-12-5-6-13(10-31)27-12)8-26-21(18(19)25)20-17-11(7-16(32)28-20)3-2-4-15(17)24;2*1-7-4-2-3-6(7)5-8;1-2/h3-7,10,13,15-16,28H,8-9,11-12H2,1-2H3,(H,27,32);2-4,7-8,12-13,27H,5-6,9-10H2,1H3,(H,28,32);2*6,8H,2-5H2,1H3;1-2H3/b14-3-,21-17-;;;;. The maximum absolute atomic E-state index is 16.0. The number of aromatic amines is 1. The predicted molar refractivity (Wildman–Crippen MR) is 320 cm³/mol. The number of fused-ring (bicyclic) bond motifs is 7. The van der Waals surface area contributed by atoms with E-state index in [-0.39, 0.29) is 51.2 Å². The van der Waals surface area contributed by atoms with E-state index in [1.165, 1.54) is 64.3 Å². The molecule has 6 aliphatic rings. The van der Waals surface area contributed by atoms with E-state index in [1.54, 1.807) is 12.3 Å². The number of hydrogen-bond donors (Lipinski definition) is 6. The molecule has 7 aromatic rings. The summed E-state index contributed by atoms with van der Waals surface area (Å²) in [7, 11) is 7.01. The molecule has 6 saturated heterocycles. The van der Waals surface area contributed by atoms with Crippen LogP contribution in [-0.2, 0) is 4.79 Å². The first-order valence-corrected chi connectivity index (χ1v) is 29.1. The summed E-state index contributed by atoms with van der Waals surface area (Å²) in [5.74, 6) is -0.842. The first-order valence-electron chi connectivity index (χ1n) is 29.1. The van der Waals surface area contributed by atoms with E-state index < -0.39 is 23.0 Å². The summed E-state index contributed by atoms with van der Waals surface area (Å²) in [6.45, 7) is 11.9. The number of aliphatic hydroxyl groups is 2. The Morgan fingerprint density at radius 3 is 1.71 bits per heavy atom. The highest BCUT2D eigenvalue weighted by atomic mass is 19.1. The normalized spacial score (nSPS) is 22.3. The number of pyridine rings is 3. The number of aromatic nitrogens is 7. The highest BCUT2D eigenvalue weighted by Crippen LogP contribution is 2.37. The van der Waals surface area contributed by atoms with Gasteiger partial charge in [0.15, 0.2) is 11.6 Å². The Bertz CT molecular complexity index is 3590. The van der Waals surface area contributed by atoms with Crippen LogP contribution >= 0.6 is 0 Å². The van der Waals surface area contributed by atoms with Gasteiger partial charge in [-0.25, -0.2) is 13.2 Å². The molecule has 448 valence electrons. The zero-order chi connectivity index (χ0) is 59.6. The third kappa shape index (κ3) is 13.3. The van der Waals surface area contributed by atoms with Crippen molar-refractivity contribution in [2.45, 2.75) is 108 Å². The molecule has 0 aliphatic carbocycles. The van der Waals surface area contributed by atoms with Gasteiger partial charge in [-0.05, 0) is 102 Å². The second-order valence-electron chi connectivity index (χ2n) is 21.7. The van der Waals surface area contributed by atoms with E-state index >= 15 is 8.78 Å². The van der Waals surface area contributed by atoms with Crippen molar-refractivity contribution in [2.24, 2.45) is 0 Å². The number of anilines is 2. The maximum Gasteiger partial charge on any atom is 0.318 e. The summed E-state index contributed by atoms with van der Waals surface area (Å²) in [5, 5.41) is 30.1. The van der Waals surface area contributed by atoms with E-state index in [4.69, 9.17) is 19.7 Å². The Morgan fingerprint density at radius 1 is 0.714 bits per heavy atom. The lowest BCUT2D eigenvalue weighted by atomic mass is 10.1. The summed E-state index contributed by atoms with van der Waals surface area (Å²) < 4.78 is 57.1. The van der Waals surface area contributed by atoms with Gasteiger partial charge in [0.05, 0.1) is 49.6 Å². The van der Waals surface area contributed by atoms with E-state index in [1.807, 2.05) is 51.1 Å². The number of hydrogen-bond acceptors (Lipinski definition) is 18. The molecular weight excluding hydrogens is 1080 g/mol. The number of nitrogens with one attached hydrogen (secondary N) is 4. The number of H-pyrrole nitrogens is 1. The van der Waals surface area contributed by atoms with Crippen LogP contribution in [0.2, 0.25) is 0 Å². The zero-order valence-electron chi connectivity index (χ0n) is 48.8. The molecule has 6 atom stereocenters. The van der Waals surface area contributed by atoms with E-state index in [0.717, 1.165) is 70.2 Å². The molecule has 6 aliphatic heterocycles. The van der Waals surface area contributed by atoms with Gasteiger partial charge in [-0.15, -0.1) is 0 Å². The van der Waals surface area contributed by atoms with Crippen LogP contribution in [0.5, 0.6) is 12.0 Å². The number of benzene rings is 2. The number of aliphatic hydroxyl groups excluding tert-OH is 2. The molecule has 0 radical (unpaired) electrons. The molecule has 0 saturated carbocycles. The molecule has 4 bridgehead atoms. The van der Waals surface area contributed by atoms with Crippen LogP contribution in [-0.4, -0.2) is 178 Å². The summed E-state index contributed by atoms with van der Waals surface area (Å²) in [5.41, 5.74) is -0.315. The molecule has 20 nitrogen and oxygen atoms in total. The van der Waals surface area contributed by atoms with Crippen LogP contribution in [0.15, 0.2) is 65.7 Å². The SMILES string of the molecule is C/C=c1/cccc/c1=C(/NC=O)c1ncc2c(N3CC4CCC(C3)N4)nc(OC)nc2c1F.CC.CN1CCCC1CO.CN1CCCC1CO.COc1nc(N2CC3CCC(C2)N3)c2cnc(-c3[nH]c(=O)cc4cccc(F)c34)c(F)c2n1. The fraction of sp³-hybridized carbons (Fsp3) is 0.475. The van der Waals surface area contributed by atoms with Gasteiger partial charge >= 0.3 is 12.0 Å². The number of ether oxygens (including phenoxy) is 2. The van der Waals surface area contributed by atoms with Crippen molar-refractivity contribution in [3.8, 4) is 23.4 Å². The molecular formula is C61H77F3N14O6. The monoisotopic (exact) mass is 1160 g/mol. The van der Waals surface area contributed by atoms with Crippen LogP contribution in [0.4, 0.5) is 24.8 Å². The largest absolute Gasteiger partial charge is 0.467 e. The van der Waals surface area contributed by atoms with Crippen molar-refractivity contribution in [3.63, 3.8) is 0 Å². The lowest BCUT2D eigenvalue weighted by Gasteiger charge is -2.34. The lowest BCUT2D eigenvalue weighted by molar-refractivity contribution is -0.108. The fourth-order valence-corrected chi connectivity index (χ4v) is 12.2. The average Bonchev–Trinajstić information content (AvgIpc) is 3.07. The molecule has 1 amide bonds. The Morgan fingerprint density at radius 2 is 1.24 bits per heavy atom. The molecule has 6 N–H and O–H groups in total. The van der Waals surface area contributed by atoms with Crippen molar-refractivity contribution in [1.29, 1.82) is 0 Å². The molecule has 2 aromatic carbocycles. The highest BCUT2D eigenvalue weighted by Gasteiger charge is 2.36. The van der Waals surface area contributed by atoms with E-state index in [2.05, 4.69) is 84.5 Å². The molecule has 0 spiro atoms. The number of piperazine rings is 2. The van der Waals surface area contributed by atoms with Crippen molar-refractivity contribution >= 4 is 62.4 Å². The number of rotatable bonds is 10. The number of carbonyl (C=O) groups excluding carboxylic acids is 1. The summed E-state index contributed by atoms with van der Waals surface area (Å²) in [6.07, 6.45) is 14.7. The third-order valence-corrected chi connectivity index (χ3v) is 16.5. The lowest BCUT2D eigenvalue weighted by Crippen LogP contribution is -2.51. The molecule has 11 heterocycles. The number of halogens is 3. The quantitative estimate of drug-likeness (QED) is 0.101. The number of likely N-dealkylation sites (tertiary alicyclic amines) is 2. The van der Waals surface area contributed by atoms with Crippen LogP contribution in [0.1, 0.15) is 77.8 Å². The van der Waals surface area contributed by atoms with Crippen LogP contribution in [0, 0.1) is 17.5 Å². The second-order valence-corrected chi connectivity index (χ2v) is 21.7. The first kappa shape index (κ1) is 61.2. The van der Waals surface area contributed by atoms with Gasteiger partial charge in [0.2, 0.25) is 12.0 Å². The minimum atomic E-state index is -0.779. The Balaban J connectivity index is 0.000000156. The third-order valence-electron chi connectivity index (χ3n) is 16.5. The molecule has 6 fully saturated rings. The van der Waals surface area contributed by atoms with Crippen molar-refractivity contribution in [1.82, 2.24) is 60.6 Å². The molecule has 5 aromatic heterocycles. The van der Waals surface area contributed by atoms with Gasteiger partial charge in [-0.3, -0.25) is 19.6 Å². The summed E-state index contributed by atoms with van der Waals surface area (Å²) in [6, 6.07) is 15.5. The second kappa shape index (κ2) is 28.0. The molecule has 6 unspecified atom stereocenters. The minimum Gasteiger partial charge on any atom is -0.467 e. The minimum absolute atomic E-state index is 0.00178. The van der Waals surface area contributed by atoms with Crippen molar-refractivity contribution in [2.75, 3.05) is 90.6 Å². The topological polar surface area (TPSA) is 235 Å². The number of carbonyl (C=O) groups is 1. The van der Waals surface area contributed by atoms with Crippen molar-refractivity contribution in [3.05, 3.63) is 105 Å². The predicted octanol–water partition coefficient (Wildman–Crippen LogP) is 4.75. The van der Waals surface area contributed by atoms with Gasteiger partial charge in [0, 0.05) is 91.5 Å². The Kier molecular flexibility index (Phi) is 20.4. The molecule has 84 heavy (non-hydrogen) atoms. The van der Waals surface area contributed by atoms with Crippen LogP contribution in [0.25, 0.3) is 55.7 Å². The maximum atomic E-state index is 16.0. The summed E-state index contributed by atoms with van der Waals surface area (Å²) in [4.78, 5) is 61.2. The number of nitrogens with zero attached hydrogens (tertiary/aromatic N) is 10. The van der Waals surface area contributed by atoms with Gasteiger partial charge in [0.25, 0.3) is 0 Å². The summed E-state index contributed by atoms with van der Waals surface area (Å²) >= 11 is 0. The van der Waals surface area contributed by atoms with Gasteiger partial charge in [0.1, 0.15) is 39.9 Å². The number of amides is 1. The number of methoxy groups -OCH3 is 2. The Hall–Kier alpha value is -7.41. The van der Waals surface area contributed by atoms with Crippen LogP contribution in [0.3, 0.4) is 0 Å². The van der Waals surface area contributed by atoms with E-state index in [0.29, 0.717) is 88.9 Å². The fourth-order valence-electron chi connectivity index (χ4n) is 12.2. The smallest absolute Gasteiger partial charge is 0.318 e. The zero-order valence-corrected chi connectivity index (χ0v) is 48.8. The van der Waals surface area contributed by atoms with E-state index in [9.17, 15) is 14.0 Å². The first-order chi connectivity index (χ1) is 40.8.